The van der Waals surface area contributed by atoms with Crippen molar-refractivity contribution < 1.29 is 9.53 Å². The zero-order valence-corrected chi connectivity index (χ0v) is 17.4. The Labute approximate surface area is 176 Å². The lowest BCUT2D eigenvalue weighted by Crippen LogP contribution is -2.28. The van der Waals surface area contributed by atoms with Gasteiger partial charge < -0.3 is 10.1 Å². The summed E-state index contributed by atoms with van der Waals surface area (Å²) in [5.41, 5.74) is 3.08. The predicted molar refractivity (Wildman–Crippen MR) is 121 cm³/mol. The maximum absolute atomic E-state index is 12.4. The van der Waals surface area contributed by atoms with E-state index in [0.717, 1.165) is 27.4 Å². The van der Waals surface area contributed by atoms with Gasteiger partial charge >= 0.3 is 0 Å². The van der Waals surface area contributed by atoms with Crippen molar-refractivity contribution in [2.45, 2.75) is 20.5 Å². The van der Waals surface area contributed by atoms with Crippen molar-refractivity contribution in [3.63, 3.8) is 0 Å². The molecule has 3 aromatic rings. The summed E-state index contributed by atoms with van der Waals surface area (Å²) < 4.78 is 5.89. The summed E-state index contributed by atoms with van der Waals surface area (Å²) in [5.74, 6) is 0.555. The van der Waals surface area contributed by atoms with Crippen LogP contribution in [0.1, 0.15) is 30.7 Å². The van der Waals surface area contributed by atoms with Crippen molar-refractivity contribution in [1.82, 2.24) is 15.3 Å². The minimum atomic E-state index is -0.159. The second kappa shape index (κ2) is 10.2. The topological polar surface area (TPSA) is 64.1 Å². The first-order valence-electron chi connectivity index (χ1n) is 9.80. The van der Waals surface area contributed by atoms with E-state index in [1.54, 1.807) is 19.4 Å². The summed E-state index contributed by atoms with van der Waals surface area (Å²) >= 11 is 0. The molecular weight excluding hydrogens is 374 g/mol. The molecule has 1 aromatic carbocycles. The number of nitrogens with zero attached hydrogens (tertiary/aromatic N) is 2. The first kappa shape index (κ1) is 21.0. The third-order valence-corrected chi connectivity index (χ3v) is 4.62. The van der Waals surface area contributed by atoms with E-state index >= 15 is 0 Å². The van der Waals surface area contributed by atoms with Crippen LogP contribution in [0.2, 0.25) is 0 Å². The fourth-order valence-corrected chi connectivity index (χ4v) is 3.01. The van der Waals surface area contributed by atoms with Crippen LogP contribution in [0.25, 0.3) is 23.8 Å². The summed E-state index contributed by atoms with van der Waals surface area (Å²) in [7, 11) is 1.62. The van der Waals surface area contributed by atoms with Gasteiger partial charge in [0.05, 0.1) is 11.0 Å². The Morgan fingerprint density at radius 3 is 2.50 bits per heavy atom. The van der Waals surface area contributed by atoms with E-state index < -0.39 is 0 Å². The van der Waals surface area contributed by atoms with Crippen molar-refractivity contribution in [2.24, 2.45) is 0 Å². The SMILES string of the molecule is CC=c1ccc(COc2ccc(C(=Cc3cccnc3)C(=O)NC)cc2)nc1=CC. The highest BCUT2D eigenvalue weighted by Crippen LogP contribution is 2.22. The zero-order valence-electron chi connectivity index (χ0n) is 17.4. The number of aromatic nitrogens is 2. The van der Waals surface area contributed by atoms with E-state index in [4.69, 9.17) is 4.74 Å². The quantitative estimate of drug-likeness (QED) is 0.648. The summed E-state index contributed by atoms with van der Waals surface area (Å²) in [6.07, 6.45) is 9.27. The molecule has 5 nitrogen and oxygen atoms in total. The number of likely N-dealkylation sites (N-methyl/N-ethyl adjacent to an activating group) is 1. The Morgan fingerprint density at radius 1 is 1.07 bits per heavy atom. The van der Waals surface area contributed by atoms with E-state index in [-0.39, 0.29) is 5.91 Å². The number of rotatable bonds is 6. The molecule has 0 unspecified atom stereocenters. The van der Waals surface area contributed by atoms with E-state index in [0.29, 0.717) is 17.9 Å². The van der Waals surface area contributed by atoms with Gasteiger partial charge in [-0.05, 0) is 60.5 Å². The van der Waals surface area contributed by atoms with Crippen LogP contribution < -0.4 is 20.6 Å². The Morgan fingerprint density at radius 2 is 1.87 bits per heavy atom. The number of benzene rings is 1. The maximum atomic E-state index is 12.4. The average molecular weight is 399 g/mol. The number of amides is 1. The van der Waals surface area contributed by atoms with E-state index in [1.807, 2.05) is 80.6 Å². The summed E-state index contributed by atoms with van der Waals surface area (Å²) in [5, 5.41) is 4.75. The largest absolute Gasteiger partial charge is 0.487 e. The number of ether oxygens (including phenoxy) is 1. The van der Waals surface area contributed by atoms with Crippen molar-refractivity contribution in [3.8, 4) is 5.75 Å². The lowest BCUT2D eigenvalue weighted by Gasteiger charge is -2.10. The molecule has 0 fully saturated rings. The summed E-state index contributed by atoms with van der Waals surface area (Å²) in [6.45, 7) is 4.34. The van der Waals surface area contributed by atoms with Crippen LogP contribution in [0.15, 0.2) is 60.9 Å². The fourth-order valence-electron chi connectivity index (χ4n) is 3.01. The van der Waals surface area contributed by atoms with Crippen molar-refractivity contribution in [2.75, 3.05) is 7.05 Å². The molecule has 1 amide bonds. The molecule has 5 heteroatoms. The summed E-state index contributed by atoms with van der Waals surface area (Å²) in [6, 6.07) is 15.2. The molecule has 0 bridgehead atoms. The van der Waals surface area contributed by atoms with Gasteiger partial charge in [-0.25, -0.2) is 4.98 Å². The number of pyridine rings is 2. The second-order valence-corrected chi connectivity index (χ2v) is 6.59. The van der Waals surface area contributed by atoms with Crippen molar-refractivity contribution >= 4 is 29.7 Å². The summed E-state index contributed by atoms with van der Waals surface area (Å²) in [4.78, 5) is 21.1. The molecule has 0 atom stereocenters. The maximum Gasteiger partial charge on any atom is 0.251 e. The Hall–Kier alpha value is -3.73. The molecule has 0 aliphatic heterocycles. The number of carbonyl (C=O) groups excluding carboxylic acids is 1. The van der Waals surface area contributed by atoms with Crippen LogP contribution in [0.5, 0.6) is 5.75 Å². The van der Waals surface area contributed by atoms with Crippen LogP contribution in [0.3, 0.4) is 0 Å². The molecule has 0 aliphatic rings. The number of hydrogen-bond donors (Lipinski definition) is 1. The molecule has 0 saturated carbocycles. The normalized spacial score (nSPS) is 12.7. The number of nitrogens with one attached hydrogen (secondary N) is 1. The standard InChI is InChI=1S/C25H25N3O2/c1-4-19-8-11-21(28-24(19)5-2)17-30-22-12-9-20(10-13-22)23(25(29)26-3)15-18-7-6-14-27-16-18/h4-16H,17H2,1-3H3,(H,26,29). The fraction of sp³-hybridized carbons (Fsp3) is 0.160. The molecule has 30 heavy (non-hydrogen) atoms. The van der Waals surface area contributed by atoms with Gasteiger partial charge in [0.1, 0.15) is 12.4 Å². The van der Waals surface area contributed by atoms with Crippen LogP contribution in [-0.2, 0) is 11.4 Å². The minimum Gasteiger partial charge on any atom is -0.487 e. The third kappa shape index (κ3) is 5.20. The van der Waals surface area contributed by atoms with Gasteiger partial charge in [-0.3, -0.25) is 9.78 Å². The second-order valence-electron chi connectivity index (χ2n) is 6.59. The molecule has 0 saturated heterocycles. The molecule has 2 aromatic heterocycles. The predicted octanol–water partition coefficient (Wildman–Crippen LogP) is 2.94. The molecule has 0 spiro atoms. The highest BCUT2D eigenvalue weighted by atomic mass is 16.5. The lowest BCUT2D eigenvalue weighted by atomic mass is 10.0. The van der Waals surface area contributed by atoms with Crippen LogP contribution >= 0.6 is 0 Å². The van der Waals surface area contributed by atoms with Gasteiger partial charge in [0, 0.05) is 25.0 Å². The number of carbonyl (C=O) groups is 1. The molecule has 152 valence electrons. The first-order valence-corrected chi connectivity index (χ1v) is 9.80. The van der Waals surface area contributed by atoms with Gasteiger partial charge in [0.25, 0.3) is 5.91 Å². The highest BCUT2D eigenvalue weighted by molar-refractivity contribution is 6.24. The molecule has 3 rings (SSSR count). The van der Waals surface area contributed by atoms with Crippen molar-refractivity contribution in [3.05, 3.63) is 88.3 Å². The molecule has 0 aliphatic carbocycles. The van der Waals surface area contributed by atoms with Gasteiger partial charge in [-0.2, -0.15) is 0 Å². The molecule has 0 radical (unpaired) electrons. The molecule has 2 heterocycles. The van der Waals surface area contributed by atoms with Crippen LogP contribution in [-0.4, -0.2) is 22.9 Å². The minimum absolute atomic E-state index is 0.159. The van der Waals surface area contributed by atoms with Gasteiger partial charge in [-0.15, -0.1) is 0 Å². The first-order chi connectivity index (χ1) is 14.6. The van der Waals surface area contributed by atoms with E-state index in [2.05, 4.69) is 15.3 Å². The monoisotopic (exact) mass is 399 g/mol. The molecule has 1 N–H and O–H groups in total. The van der Waals surface area contributed by atoms with Crippen molar-refractivity contribution in [1.29, 1.82) is 0 Å². The molecular formula is C25H25N3O2. The Kier molecular flexibility index (Phi) is 7.11. The zero-order chi connectivity index (χ0) is 21.3. The third-order valence-electron chi connectivity index (χ3n) is 4.62. The Balaban J connectivity index is 1.78. The van der Waals surface area contributed by atoms with Gasteiger partial charge in [-0.1, -0.05) is 36.4 Å². The lowest BCUT2D eigenvalue weighted by molar-refractivity contribution is -0.115. The van der Waals surface area contributed by atoms with E-state index in [9.17, 15) is 4.79 Å². The van der Waals surface area contributed by atoms with Crippen LogP contribution in [0, 0.1) is 0 Å². The van der Waals surface area contributed by atoms with Gasteiger partial charge in [0.15, 0.2) is 0 Å². The Bertz CT molecular complexity index is 1150. The smallest absolute Gasteiger partial charge is 0.251 e. The van der Waals surface area contributed by atoms with E-state index in [1.165, 1.54) is 0 Å². The highest BCUT2D eigenvalue weighted by Gasteiger charge is 2.11. The average Bonchev–Trinajstić information content (AvgIpc) is 2.81. The number of hydrogen-bond acceptors (Lipinski definition) is 4. The van der Waals surface area contributed by atoms with Gasteiger partial charge in [0.2, 0.25) is 0 Å². The van der Waals surface area contributed by atoms with Crippen LogP contribution in [0.4, 0.5) is 0 Å².